The Morgan fingerprint density at radius 2 is 2.17 bits per heavy atom. The summed E-state index contributed by atoms with van der Waals surface area (Å²) in [6, 6.07) is 5.33. The average Bonchev–Trinajstić information content (AvgIpc) is 3.00. The topological polar surface area (TPSA) is 55.6 Å². The first-order valence-electron chi connectivity index (χ1n) is 7.71. The molecule has 1 fully saturated rings. The first kappa shape index (κ1) is 16.1. The highest BCUT2D eigenvalue weighted by Gasteiger charge is 2.25. The molecule has 0 unspecified atom stereocenters. The van der Waals surface area contributed by atoms with E-state index < -0.39 is 0 Å². The summed E-state index contributed by atoms with van der Waals surface area (Å²) in [5, 5.41) is 0. The molecule has 1 amide bonds. The van der Waals surface area contributed by atoms with Gasteiger partial charge in [0.05, 0.1) is 6.61 Å². The summed E-state index contributed by atoms with van der Waals surface area (Å²) >= 11 is 3.22. The van der Waals surface area contributed by atoms with Crippen LogP contribution in [-0.4, -0.2) is 35.5 Å². The highest BCUT2D eigenvalue weighted by atomic mass is 79.9. The molecule has 0 aliphatic carbocycles. The van der Waals surface area contributed by atoms with Crippen LogP contribution in [0.5, 0.6) is 5.75 Å². The van der Waals surface area contributed by atoms with Gasteiger partial charge >= 0.3 is 0 Å². The minimum atomic E-state index is -0.0416. The summed E-state index contributed by atoms with van der Waals surface area (Å²) in [6.45, 7) is 4.14. The lowest BCUT2D eigenvalue weighted by Gasteiger charge is -2.31. The number of nitrogens with zero attached hydrogens (tertiary/aromatic N) is 2. The van der Waals surface area contributed by atoms with Gasteiger partial charge in [0, 0.05) is 31.0 Å². The molecule has 3 rings (SSSR count). The summed E-state index contributed by atoms with van der Waals surface area (Å²) in [7, 11) is 0. The molecule has 3 heterocycles. The molecule has 0 radical (unpaired) electrons. The van der Waals surface area contributed by atoms with Gasteiger partial charge in [-0.15, -0.1) is 0 Å². The fraction of sp³-hybridized carbons (Fsp3) is 0.412. The van der Waals surface area contributed by atoms with Crippen LogP contribution in [0.3, 0.4) is 0 Å². The first-order valence-corrected chi connectivity index (χ1v) is 8.51. The van der Waals surface area contributed by atoms with Crippen LogP contribution in [0, 0.1) is 12.8 Å². The molecular weight excluding hydrogens is 360 g/mol. The molecule has 6 heteroatoms. The minimum absolute atomic E-state index is 0.0416. The first-order chi connectivity index (χ1) is 11.1. The number of piperidine rings is 1. The molecule has 1 aliphatic rings. The molecule has 23 heavy (non-hydrogen) atoms. The van der Waals surface area contributed by atoms with Gasteiger partial charge in [0.15, 0.2) is 10.4 Å². The number of halogens is 1. The van der Waals surface area contributed by atoms with Crippen LogP contribution in [0.4, 0.5) is 0 Å². The number of rotatable bonds is 4. The van der Waals surface area contributed by atoms with E-state index in [0.717, 1.165) is 37.2 Å². The van der Waals surface area contributed by atoms with E-state index in [0.29, 0.717) is 23.0 Å². The standard InChI is InChI=1S/C17H19BrN2O3/c1-12-10-19-7-4-14(12)22-11-13-5-8-20(9-6-13)17(21)15-2-3-16(18)23-15/h2-4,7,10,13H,5-6,8-9,11H2,1H3. The lowest BCUT2D eigenvalue weighted by molar-refractivity contribution is 0.0628. The van der Waals surface area contributed by atoms with Crippen molar-refractivity contribution in [2.45, 2.75) is 19.8 Å². The Morgan fingerprint density at radius 1 is 1.39 bits per heavy atom. The SMILES string of the molecule is Cc1cnccc1OCC1CCN(C(=O)c2ccc(Br)o2)CC1. The number of ether oxygens (including phenoxy) is 1. The van der Waals surface area contributed by atoms with Crippen molar-refractivity contribution in [3.05, 3.63) is 46.6 Å². The van der Waals surface area contributed by atoms with Crippen LogP contribution >= 0.6 is 15.9 Å². The van der Waals surface area contributed by atoms with Gasteiger partial charge in [-0.3, -0.25) is 9.78 Å². The van der Waals surface area contributed by atoms with Gasteiger partial charge in [-0.25, -0.2) is 0 Å². The Bertz CT molecular complexity index is 678. The Labute approximate surface area is 143 Å². The fourth-order valence-electron chi connectivity index (χ4n) is 2.72. The smallest absolute Gasteiger partial charge is 0.289 e. The molecule has 122 valence electrons. The predicted octanol–water partition coefficient (Wildman–Crippen LogP) is 3.68. The van der Waals surface area contributed by atoms with Crippen LogP contribution in [0.15, 0.2) is 39.7 Å². The molecular formula is C17H19BrN2O3. The number of aromatic nitrogens is 1. The molecule has 2 aromatic rings. The third-order valence-electron chi connectivity index (χ3n) is 4.13. The van der Waals surface area contributed by atoms with Crippen LogP contribution < -0.4 is 4.74 Å². The van der Waals surface area contributed by atoms with Crippen molar-refractivity contribution >= 4 is 21.8 Å². The van der Waals surface area contributed by atoms with Gasteiger partial charge in [0.25, 0.3) is 5.91 Å². The molecule has 0 N–H and O–H groups in total. The average molecular weight is 379 g/mol. The maximum absolute atomic E-state index is 12.3. The molecule has 0 aromatic carbocycles. The summed E-state index contributed by atoms with van der Waals surface area (Å²) in [5.41, 5.74) is 1.04. The number of hydrogen-bond donors (Lipinski definition) is 0. The zero-order valence-electron chi connectivity index (χ0n) is 13.0. The summed E-state index contributed by atoms with van der Waals surface area (Å²) in [5.74, 6) is 1.70. The lowest BCUT2D eigenvalue weighted by Crippen LogP contribution is -2.39. The van der Waals surface area contributed by atoms with E-state index in [9.17, 15) is 4.79 Å². The number of likely N-dealkylation sites (tertiary alicyclic amines) is 1. The van der Waals surface area contributed by atoms with E-state index in [4.69, 9.17) is 9.15 Å². The van der Waals surface area contributed by atoms with Crippen molar-refractivity contribution in [2.24, 2.45) is 5.92 Å². The van der Waals surface area contributed by atoms with E-state index in [2.05, 4.69) is 20.9 Å². The van der Waals surface area contributed by atoms with Crippen molar-refractivity contribution in [1.82, 2.24) is 9.88 Å². The molecule has 0 saturated carbocycles. The molecule has 0 bridgehead atoms. The summed E-state index contributed by atoms with van der Waals surface area (Å²) in [4.78, 5) is 18.2. The Hall–Kier alpha value is -1.82. The molecule has 5 nitrogen and oxygen atoms in total. The largest absolute Gasteiger partial charge is 0.493 e. The van der Waals surface area contributed by atoms with Gasteiger partial charge in [0.2, 0.25) is 0 Å². The van der Waals surface area contributed by atoms with E-state index in [-0.39, 0.29) is 5.91 Å². The van der Waals surface area contributed by atoms with Crippen molar-refractivity contribution in [1.29, 1.82) is 0 Å². The zero-order valence-corrected chi connectivity index (χ0v) is 14.6. The predicted molar refractivity (Wildman–Crippen MR) is 89.5 cm³/mol. The number of aryl methyl sites for hydroxylation is 1. The normalized spacial score (nSPS) is 15.7. The van der Waals surface area contributed by atoms with Gasteiger partial charge in [-0.1, -0.05) is 0 Å². The van der Waals surface area contributed by atoms with Crippen molar-refractivity contribution in [3.8, 4) is 5.75 Å². The number of amides is 1. The van der Waals surface area contributed by atoms with Gasteiger partial charge in [-0.2, -0.15) is 0 Å². The lowest BCUT2D eigenvalue weighted by atomic mass is 9.97. The highest BCUT2D eigenvalue weighted by Crippen LogP contribution is 2.23. The van der Waals surface area contributed by atoms with Gasteiger partial charge < -0.3 is 14.1 Å². The second-order valence-corrected chi connectivity index (χ2v) is 6.57. The minimum Gasteiger partial charge on any atom is -0.493 e. The van der Waals surface area contributed by atoms with Crippen molar-refractivity contribution in [3.63, 3.8) is 0 Å². The third kappa shape index (κ3) is 3.93. The number of carbonyl (C=O) groups is 1. The fourth-order valence-corrected chi connectivity index (χ4v) is 3.02. The molecule has 1 aliphatic heterocycles. The second-order valence-electron chi connectivity index (χ2n) is 5.79. The molecule has 2 aromatic heterocycles. The number of hydrogen-bond acceptors (Lipinski definition) is 4. The molecule has 0 spiro atoms. The molecule has 1 saturated heterocycles. The van der Waals surface area contributed by atoms with Crippen LogP contribution in [0.25, 0.3) is 0 Å². The van der Waals surface area contributed by atoms with Crippen LogP contribution in [0.2, 0.25) is 0 Å². The summed E-state index contributed by atoms with van der Waals surface area (Å²) in [6.07, 6.45) is 5.43. The molecule has 0 atom stereocenters. The van der Waals surface area contributed by atoms with Gasteiger partial charge in [0.1, 0.15) is 5.75 Å². The Morgan fingerprint density at radius 3 is 2.83 bits per heavy atom. The van der Waals surface area contributed by atoms with Crippen molar-refractivity contribution in [2.75, 3.05) is 19.7 Å². The monoisotopic (exact) mass is 378 g/mol. The van der Waals surface area contributed by atoms with E-state index in [1.807, 2.05) is 17.9 Å². The van der Waals surface area contributed by atoms with E-state index in [1.54, 1.807) is 24.5 Å². The quantitative estimate of drug-likeness (QED) is 0.813. The second kappa shape index (κ2) is 7.17. The summed E-state index contributed by atoms with van der Waals surface area (Å²) < 4.78 is 11.8. The third-order valence-corrected chi connectivity index (χ3v) is 4.56. The number of pyridine rings is 1. The maximum Gasteiger partial charge on any atom is 0.289 e. The zero-order chi connectivity index (χ0) is 16.2. The number of furan rings is 1. The Balaban J connectivity index is 1.49. The number of carbonyl (C=O) groups excluding carboxylic acids is 1. The van der Waals surface area contributed by atoms with Crippen LogP contribution in [-0.2, 0) is 0 Å². The van der Waals surface area contributed by atoms with Crippen LogP contribution in [0.1, 0.15) is 29.0 Å². The van der Waals surface area contributed by atoms with E-state index >= 15 is 0 Å². The maximum atomic E-state index is 12.3. The van der Waals surface area contributed by atoms with Gasteiger partial charge in [-0.05, 0) is 59.8 Å². The van der Waals surface area contributed by atoms with Crippen molar-refractivity contribution < 1.29 is 13.9 Å². The Kier molecular flexibility index (Phi) is 5.00. The highest BCUT2D eigenvalue weighted by molar-refractivity contribution is 9.10. The van der Waals surface area contributed by atoms with E-state index in [1.165, 1.54) is 0 Å².